The van der Waals surface area contributed by atoms with E-state index in [0.717, 1.165) is 57.9 Å². The van der Waals surface area contributed by atoms with Crippen LogP contribution < -0.4 is 5.32 Å². The molecule has 1 unspecified atom stereocenters. The highest BCUT2D eigenvalue weighted by atomic mass is 16.2. The van der Waals surface area contributed by atoms with Crippen LogP contribution in [-0.4, -0.2) is 61.5 Å². The van der Waals surface area contributed by atoms with Gasteiger partial charge in [-0.25, -0.2) is 0 Å². The van der Waals surface area contributed by atoms with Crippen molar-refractivity contribution in [3.8, 4) is 0 Å². The Kier molecular flexibility index (Phi) is 5.64. The number of likely N-dealkylation sites (N-methyl/N-ethyl adjacent to an activating group) is 1. The fraction of sp³-hybridized carbons (Fsp3) is 0.933. The molecule has 0 spiro atoms. The largest absolute Gasteiger partial charge is 0.339 e. The van der Waals surface area contributed by atoms with Crippen molar-refractivity contribution in [2.75, 3.05) is 39.8 Å². The van der Waals surface area contributed by atoms with Crippen LogP contribution in [0.25, 0.3) is 0 Å². The number of rotatable bonds is 3. The van der Waals surface area contributed by atoms with Crippen LogP contribution in [-0.2, 0) is 4.79 Å². The van der Waals surface area contributed by atoms with Gasteiger partial charge in [0.2, 0.25) is 5.91 Å². The average Bonchev–Trinajstić information content (AvgIpc) is 2.58. The second-order valence-electron chi connectivity index (χ2n) is 6.28. The third-order valence-corrected chi connectivity index (χ3v) is 4.59. The van der Waals surface area contributed by atoms with E-state index in [0.29, 0.717) is 11.9 Å². The van der Waals surface area contributed by atoms with Crippen LogP contribution in [0, 0.1) is 5.92 Å². The first-order valence-electron chi connectivity index (χ1n) is 7.85. The zero-order valence-corrected chi connectivity index (χ0v) is 12.5. The summed E-state index contributed by atoms with van der Waals surface area (Å²) in [5.41, 5.74) is 0. The van der Waals surface area contributed by atoms with E-state index in [1.807, 2.05) is 0 Å². The molecular weight excluding hydrogens is 238 g/mol. The van der Waals surface area contributed by atoms with Gasteiger partial charge in [-0.15, -0.1) is 0 Å². The van der Waals surface area contributed by atoms with Gasteiger partial charge in [-0.3, -0.25) is 4.79 Å². The van der Waals surface area contributed by atoms with Crippen LogP contribution in [0.1, 0.15) is 39.0 Å². The monoisotopic (exact) mass is 267 g/mol. The average molecular weight is 267 g/mol. The number of piperidine rings is 1. The van der Waals surface area contributed by atoms with E-state index in [9.17, 15) is 4.79 Å². The Balaban J connectivity index is 1.77. The van der Waals surface area contributed by atoms with Gasteiger partial charge < -0.3 is 15.1 Å². The molecular formula is C15H29N3O. The maximum Gasteiger partial charge on any atom is 0.222 e. The van der Waals surface area contributed by atoms with E-state index in [-0.39, 0.29) is 0 Å². The molecule has 1 N–H and O–H groups in total. The molecule has 2 heterocycles. The molecule has 2 fully saturated rings. The van der Waals surface area contributed by atoms with Crippen molar-refractivity contribution in [1.29, 1.82) is 0 Å². The number of carbonyl (C=O) groups is 1. The fourth-order valence-corrected chi connectivity index (χ4v) is 3.38. The first-order valence-corrected chi connectivity index (χ1v) is 7.85. The van der Waals surface area contributed by atoms with Crippen molar-refractivity contribution in [2.24, 2.45) is 5.92 Å². The predicted molar refractivity (Wildman–Crippen MR) is 78.1 cm³/mol. The zero-order valence-electron chi connectivity index (χ0n) is 12.5. The lowest BCUT2D eigenvalue weighted by molar-refractivity contribution is -0.133. The third-order valence-electron chi connectivity index (χ3n) is 4.59. The summed E-state index contributed by atoms with van der Waals surface area (Å²) < 4.78 is 0. The molecule has 4 heteroatoms. The summed E-state index contributed by atoms with van der Waals surface area (Å²) in [6.07, 6.45) is 5.43. The van der Waals surface area contributed by atoms with Crippen molar-refractivity contribution in [2.45, 2.75) is 45.1 Å². The molecule has 110 valence electrons. The van der Waals surface area contributed by atoms with E-state index >= 15 is 0 Å². The van der Waals surface area contributed by atoms with E-state index in [1.165, 1.54) is 12.8 Å². The van der Waals surface area contributed by atoms with Crippen LogP contribution in [0.15, 0.2) is 0 Å². The number of carbonyl (C=O) groups excluding carboxylic acids is 1. The minimum absolute atomic E-state index is 0.369. The van der Waals surface area contributed by atoms with Crippen molar-refractivity contribution in [1.82, 2.24) is 15.1 Å². The third kappa shape index (κ3) is 4.46. The zero-order chi connectivity index (χ0) is 13.7. The van der Waals surface area contributed by atoms with E-state index in [4.69, 9.17) is 0 Å². The summed E-state index contributed by atoms with van der Waals surface area (Å²) >= 11 is 0. The minimum atomic E-state index is 0.369. The molecule has 0 aromatic heterocycles. The molecule has 1 amide bonds. The van der Waals surface area contributed by atoms with Gasteiger partial charge in [0.15, 0.2) is 0 Å². The normalized spacial score (nSPS) is 27.3. The minimum Gasteiger partial charge on any atom is -0.339 e. The second-order valence-corrected chi connectivity index (χ2v) is 6.28. The summed E-state index contributed by atoms with van der Waals surface area (Å²) in [6.45, 7) is 7.51. The Bertz CT molecular complexity index is 289. The van der Waals surface area contributed by atoms with Gasteiger partial charge in [0.1, 0.15) is 0 Å². The molecule has 1 atom stereocenters. The summed E-state index contributed by atoms with van der Waals surface area (Å²) in [5, 5.41) is 3.39. The van der Waals surface area contributed by atoms with E-state index in [2.05, 4.69) is 29.1 Å². The smallest absolute Gasteiger partial charge is 0.222 e. The van der Waals surface area contributed by atoms with Gasteiger partial charge in [0.05, 0.1) is 0 Å². The number of nitrogens with zero attached hydrogens (tertiary/aromatic N) is 2. The molecule has 4 nitrogen and oxygen atoms in total. The topological polar surface area (TPSA) is 35.6 Å². The van der Waals surface area contributed by atoms with Crippen molar-refractivity contribution in [3.63, 3.8) is 0 Å². The maximum atomic E-state index is 12.4. The molecule has 2 aliphatic heterocycles. The highest BCUT2D eigenvalue weighted by Crippen LogP contribution is 2.19. The SMILES string of the molecule is CC1CN(C)CCCN1C(=O)CCC1CCNCC1. The second kappa shape index (κ2) is 7.25. The lowest BCUT2D eigenvalue weighted by atomic mass is 9.93. The van der Waals surface area contributed by atoms with E-state index < -0.39 is 0 Å². The van der Waals surface area contributed by atoms with Gasteiger partial charge in [0, 0.05) is 25.6 Å². The van der Waals surface area contributed by atoms with Crippen LogP contribution in [0.5, 0.6) is 0 Å². The molecule has 2 aliphatic rings. The van der Waals surface area contributed by atoms with Gasteiger partial charge in [0.25, 0.3) is 0 Å². The molecule has 19 heavy (non-hydrogen) atoms. The molecule has 0 aromatic rings. The van der Waals surface area contributed by atoms with Gasteiger partial charge in [-0.05, 0) is 65.2 Å². The lowest BCUT2D eigenvalue weighted by Crippen LogP contribution is -2.42. The summed E-state index contributed by atoms with van der Waals surface area (Å²) in [5.74, 6) is 1.14. The highest BCUT2D eigenvalue weighted by molar-refractivity contribution is 5.76. The first kappa shape index (κ1) is 14.8. The van der Waals surface area contributed by atoms with Gasteiger partial charge in [-0.1, -0.05) is 0 Å². The molecule has 2 saturated heterocycles. The van der Waals surface area contributed by atoms with Crippen LogP contribution >= 0.6 is 0 Å². The maximum absolute atomic E-state index is 12.4. The Morgan fingerprint density at radius 1 is 1.26 bits per heavy atom. The predicted octanol–water partition coefficient (Wildman–Crippen LogP) is 1.32. The number of nitrogens with one attached hydrogen (secondary N) is 1. The Hall–Kier alpha value is -0.610. The lowest BCUT2D eigenvalue weighted by Gasteiger charge is -2.29. The Morgan fingerprint density at radius 2 is 2.00 bits per heavy atom. The molecule has 2 rings (SSSR count). The van der Waals surface area contributed by atoms with Crippen LogP contribution in [0.2, 0.25) is 0 Å². The Morgan fingerprint density at radius 3 is 2.74 bits per heavy atom. The summed E-state index contributed by atoms with van der Waals surface area (Å²) in [7, 11) is 2.15. The van der Waals surface area contributed by atoms with Gasteiger partial charge in [-0.2, -0.15) is 0 Å². The Labute approximate surface area is 117 Å². The molecule has 0 aromatic carbocycles. The first-order chi connectivity index (χ1) is 9.16. The fourth-order valence-electron chi connectivity index (χ4n) is 3.38. The number of amides is 1. The summed E-state index contributed by atoms with van der Waals surface area (Å²) in [4.78, 5) is 16.9. The molecule has 0 saturated carbocycles. The quantitative estimate of drug-likeness (QED) is 0.838. The standard InChI is InChI=1S/C15H29N3O/c1-13-12-17(2)10-3-11-18(13)15(19)5-4-14-6-8-16-9-7-14/h13-14,16H,3-12H2,1-2H3. The summed E-state index contributed by atoms with van der Waals surface area (Å²) in [6, 6.07) is 0.369. The number of hydrogen-bond donors (Lipinski definition) is 1. The van der Waals surface area contributed by atoms with E-state index in [1.54, 1.807) is 0 Å². The van der Waals surface area contributed by atoms with Crippen LogP contribution in [0.4, 0.5) is 0 Å². The van der Waals surface area contributed by atoms with Crippen molar-refractivity contribution >= 4 is 5.91 Å². The molecule has 0 radical (unpaired) electrons. The number of hydrogen-bond acceptors (Lipinski definition) is 3. The van der Waals surface area contributed by atoms with Crippen molar-refractivity contribution < 1.29 is 4.79 Å². The van der Waals surface area contributed by atoms with Gasteiger partial charge >= 0.3 is 0 Å². The molecule has 0 aliphatic carbocycles. The van der Waals surface area contributed by atoms with Crippen molar-refractivity contribution in [3.05, 3.63) is 0 Å². The highest BCUT2D eigenvalue weighted by Gasteiger charge is 2.24. The van der Waals surface area contributed by atoms with Crippen LogP contribution in [0.3, 0.4) is 0 Å². The molecule has 0 bridgehead atoms.